The summed E-state index contributed by atoms with van der Waals surface area (Å²) in [6, 6.07) is 5.98. The van der Waals surface area contributed by atoms with Gasteiger partial charge in [0.2, 0.25) is 0 Å². The first-order valence-electron chi connectivity index (χ1n) is 9.07. The van der Waals surface area contributed by atoms with Crippen LogP contribution in [0.25, 0.3) is 0 Å². The third-order valence-electron chi connectivity index (χ3n) is 4.72. The number of likely N-dealkylation sites (tertiary alicyclic amines) is 1. The summed E-state index contributed by atoms with van der Waals surface area (Å²) >= 11 is 6.63. The Labute approximate surface area is 163 Å². The van der Waals surface area contributed by atoms with Gasteiger partial charge >= 0.3 is 5.97 Å². The molecule has 7 heteroatoms. The Morgan fingerprint density at radius 3 is 2.73 bits per heavy atom. The van der Waals surface area contributed by atoms with Crippen LogP contribution in [-0.4, -0.2) is 46.0 Å². The zero-order valence-electron chi connectivity index (χ0n) is 15.0. The molecule has 1 aliphatic heterocycles. The van der Waals surface area contributed by atoms with Crippen molar-refractivity contribution in [2.24, 2.45) is 0 Å². The lowest BCUT2D eigenvalue weighted by molar-refractivity contribution is -0.150. The summed E-state index contributed by atoms with van der Waals surface area (Å²) in [4.78, 5) is 26.4. The Morgan fingerprint density at radius 2 is 1.96 bits per heavy atom. The fourth-order valence-corrected chi connectivity index (χ4v) is 4.32. The predicted molar refractivity (Wildman–Crippen MR) is 109 cm³/mol. The Bertz CT molecular complexity index is 702. The van der Waals surface area contributed by atoms with Crippen molar-refractivity contribution in [1.82, 2.24) is 4.90 Å². The third-order valence-corrected chi connectivity index (χ3v) is 6.22. The van der Waals surface area contributed by atoms with Crippen LogP contribution in [0.2, 0.25) is 0 Å². The van der Waals surface area contributed by atoms with Crippen molar-refractivity contribution in [3.05, 3.63) is 29.3 Å². The molecule has 0 radical (unpaired) electrons. The number of carbonyl (C=O) groups is 2. The first-order valence-corrected chi connectivity index (χ1v) is 10.5. The summed E-state index contributed by atoms with van der Waals surface area (Å²) in [5.41, 5.74) is 3.40. The van der Waals surface area contributed by atoms with Crippen molar-refractivity contribution >= 4 is 45.9 Å². The van der Waals surface area contributed by atoms with E-state index >= 15 is 0 Å². The highest BCUT2D eigenvalue weighted by Crippen LogP contribution is 2.25. The second kappa shape index (κ2) is 8.86. The number of fused-ring (bicyclic) bond motifs is 1. The van der Waals surface area contributed by atoms with E-state index in [2.05, 4.69) is 16.3 Å². The molecule has 140 valence electrons. The number of aryl methyl sites for hydroxylation is 2. The summed E-state index contributed by atoms with van der Waals surface area (Å²) in [6.07, 6.45) is 4.77. The SMILES string of the molecule is C[C@@H](OC(=O)CSC(=S)N1CCCC1)C(=O)Nc1ccc2c(c1)CCC2. The minimum absolute atomic E-state index is 0.131. The zero-order chi connectivity index (χ0) is 18.5. The van der Waals surface area contributed by atoms with E-state index in [0.29, 0.717) is 0 Å². The van der Waals surface area contributed by atoms with Gasteiger partial charge in [-0.2, -0.15) is 0 Å². The highest BCUT2D eigenvalue weighted by atomic mass is 32.2. The first kappa shape index (κ1) is 19.2. The molecular weight excluding hydrogens is 368 g/mol. The van der Waals surface area contributed by atoms with Gasteiger partial charge in [-0.25, -0.2) is 0 Å². The molecule has 0 saturated carbocycles. The topological polar surface area (TPSA) is 58.6 Å². The van der Waals surface area contributed by atoms with Crippen molar-refractivity contribution in [3.63, 3.8) is 0 Å². The van der Waals surface area contributed by atoms with Gasteiger partial charge in [-0.05, 0) is 62.3 Å². The average Bonchev–Trinajstić information content (AvgIpc) is 3.30. The maximum absolute atomic E-state index is 12.3. The Balaban J connectivity index is 1.43. The summed E-state index contributed by atoms with van der Waals surface area (Å²) in [5, 5.41) is 2.83. The van der Waals surface area contributed by atoms with Crippen molar-refractivity contribution < 1.29 is 14.3 Å². The van der Waals surface area contributed by atoms with Gasteiger partial charge < -0.3 is 15.0 Å². The van der Waals surface area contributed by atoms with E-state index in [4.69, 9.17) is 17.0 Å². The fraction of sp³-hybridized carbons (Fsp3) is 0.526. The number of rotatable bonds is 5. The molecule has 0 unspecified atom stereocenters. The lowest BCUT2D eigenvalue weighted by Gasteiger charge is -2.18. The standard InChI is InChI=1S/C19H24N2O3S2/c1-13(24-17(22)12-26-19(25)21-9-2-3-10-21)18(23)20-16-8-7-14-5-4-6-15(14)11-16/h7-8,11,13H,2-6,9-10,12H2,1H3,(H,20,23)/t13-/m1/s1. The Morgan fingerprint density at radius 1 is 1.23 bits per heavy atom. The summed E-state index contributed by atoms with van der Waals surface area (Å²) < 4.78 is 5.97. The highest BCUT2D eigenvalue weighted by Gasteiger charge is 2.21. The molecule has 1 aliphatic carbocycles. The summed E-state index contributed by atoms with van der Waals surface area (Å²) in [5.74, 6) is -0.609. The van der Waals surface area contributed by atoms with Gasteiger partial charge in [-0.15, -0.1) is 0 Å². The fourth-order valence-electron chi connectivity index (χ4n) is 3.29. The Hall–Kier alpha value is -1.60. The third kappa shape index (κ3) is 4.98. The molecule has 1 fully saturated rings. The van der Waals surface area contributed by atoms with Crippen LogP contribution in [0.3, 0.4) is 0 Å². The van der Waals surface area contributed by atoms with E-state index in [1.165, 1.54) is 22.9 Å². The number of hydrogen-bond donors (Lipinski definition) is 1. The number of amides is 1. The average molecular weight is 393 g/mol. The van der Waals surface area contributed by atoms with Crippen LogP contribution >= 0.6 is 24.0 Å². The summed E-state index contributed by atoms with van der Waals surface area (Å²) in [7, 11) is 0. The lowest BCUT2D eigenvalue weighted by atomic mass is 10.1. The molecule has 1 heterocycles. The zero-order valence-corrected chi connectivity index (χ0v) is 16.6. The van der Waals surface area contributed by atoms with Crippen LogP contribution in [0.1, 0.15) is 37.3 Å². The van der Waals surface area contributed by atoms with Gasteiger partial charge in [0.1, 0.15) is 4.32 Å². The maximum atomic E-state index is 12.3. The van der Waals surface area contributed by atoms with Crippen LogP contribution < -0.4 is 5.32 Å². The van der Waals surface area contributed by atoms with Gasteiger partial charge in [0.05, 0.1) is 5.75 Å². The van der Waals surface area contributed by atoms with Gasteiger partial charge in [0, 0.05) is 18.8 Å². The van der Waals surface area contributed by atoms with Crippen LogP contribution in [0.15, 0.2) is 18.2 Å². The number of hydrogen-bond acceptors (Lipinski definition) is 5. The molecule has 1 N–H and O–H groups in total. The number of thiocarbonyl (C=S) groups is 1. The molecule has 1 aromatic rings. The second-order valence-corrected chi connectivity index (χ2v) is 8.32. The highest BCUT2D eigenvalue weighted by molar-refractivity contribution is 8.23. The molecule has 3 rings (SSSR count). The maximum Gasteiger partial charge on any atom is 0.317 e. The molecule has 1 saturated heterocycles. The Kier molecular flexibility index (Phi) is 6.53. The largest absolute Gasteiger partial charge is 0.452 e. The number of benzene rings is 1. The van der Waals surface area contributed by atoms with Gasteiger partial charge in [0.25, 0.3) is 5.91 Å². The molecule has 1 amide bonds. The van der Waals surface area contributed by atoms with E-state index in [0.717, 1.165) is 55.2 Å². The minimum atomic E-state index is -0.836. The second-order valence-electron chi connectivity index (χ2n) is 6.71. The number of anilines is 1. The van der Waals surface area contributed by atoms with Crippen LogP contribution in [0.4, 0.5) is 5.69 Å². The number of esters is 1. The number of carbonyl (C=O) groups excluding carboxylic acids is 2. The molecule has 1 aromatic carbocycles. The van der Waals surface area contributed by atoms with Crippen molar-refractivity contribution in [1.29, 1.82) is 0 Å². The van der Waals surface area contributed by atoms with Crippen LogP contribution in [0, 0.1) is 0 Å². The molecule has 26 heavy (non-hydrogen) atoms. The van der Waals surface area contributed by atoms with E-state index in [9.17, 15) is 9.59 Å². The lowest BCUT2D eigenvalue weighted by Crippen LogP contribution is -2.31. The number of thioether (sulfide) groups is 1. The summed E-state index contributed by atoms with van der Waals surface area (Å²) in [6.45, 7) is 3.50. The molecule has 2 aliphatic rings. The van der Waals surface area contributed by atoms with Crippen molar-refractivity contribution in [3.8, 4) is 0 Å². The molecule has 0 bridgehead atoms. The molecule has 0 aromatic heterocycles. The van der Waals surface area contributed by atoms with E-state index < -0.39 is 12.1 Å². The molecule has 5 nitrogen and oxygen atoms in total. The predicted octanol–water partition coefficient (Wildman–Crippen LogP) is 3.16. The van der Waals surface area contributed by atoms with Gasteiger partial charge in [0.15, 0.2) is 6.10 Å². The van der Waals surface area contributed by atoms with E-state index in [1.807, 2.05) is 12.1 Å². The monoisotopic (exact) mass is 392 g/mol. The normalized spacial score (nSPS) is 16.9. The molecule has 1 atom stereocenters. The number of nitrogens with zero attached hydrogens (tertiary/aromatic N) is 1. The van der Waals surface area contributed by atoms with Gasteiger partial charge in [-0.1, -0.05) is 30.0 Å². The van der Waals surface area contributed by atoms with Crippen molar-refractivity contribution in [2.75, 3.05) is 24.2 Å². The smallest absolute Gasteiger partial charge is 0.317 e. The number of nitrogens with one attached hydrogen (secondary N) is 1. The number of ether oxygens (including phenoxy) is 1. The van der Waals surface area contributed by atoms with Crippen LogP contribution in [-0.2, 0) is 27.2 Å². The van der Waals surface area contributed by atoms with E-state index in [-0.39, 0.29) is 11.7 Å². The molecule has 0 spiro atoms. The van der Waals surface area contributed by atoms with Crippen molar-refractivity contribution in [2.45, 2.75) is 45.1 Å². The molecular formula is C19H24N2O3S2. The minimum Gasteiger partial charge on any atom is -0.452 e. The first-order chi connectivity index (χ1) is 12.5. The van der Waals surface area contributed by atoms with Gasteiger partial charge in [-0.3, -0.25) is 9.59 Å². The van der Waals surface area contributed by atoms with Crippen LogP contribution in [0.5, 0.6) is 0 Å². The van der Waals surface area contributed by atoms with E-state index in [1.54, 1.807) is 6.92 Å². The quantitative estimate of drug-likeness (QED) is 0.614.